The number of halogens is 1. The van der Waals surface area contributed by atoms with Gasteiger partial charge < -0.3 is 0 Å². The maximum absolute atomic E-state index is 13.7. The number of aryl methyl sites for hydroxylation is 1. The third-order valence-electron chi connectivity index (χ3n) is 4.10. The molecular formula is C18H18FNO2S. The third-order valence-corrected chi connectivity index (χ3v) is 6.04. The summed E-state index contributed by atoms with van der Waals surface area (Å²) in [7, 11) is -2.10. The Kier molecular flexibility index (Phi) is 4.33. The second-order valence-corrected chi connectivity index (χ2v) is 7.76. The smallest absolute Gasteiger partial charge is 0.207 e. The lowest BCUT2D eigenvalue weighted by atomic mass is 9.98. The van der Waals surface area contributed by atoms with Gasteiger partial charge in [-0.2, -0.15) is 4.31 Å². The van der Waals surface area contributed by atoms with Gasteiger partial charge in [-0.25, -0.2) is 12.8 Å². The zero-order chi connectivity index (χ0) is 16.4. The van der Waals surface area contributed by atoms with Crippen LogP contribution in [0.25, 0.3) is 6.08 Å². The highest BCUT2D eigenvalue weighted by Crippen LogP contribution is 2.29. The van der Waals surface area contributed by atoms with Crippen LogP contribution in [0, 0.1) is 5.82 Å². The number of fused-ring (bicyclic) bond motifs is 1. The fourth-order valence-corrected chi connectivity index (χ4v) is 4.11. The summed E-state index contributed by atoms with van der Waals surface area (Å²) in [5.41, 5.74) is 2.47. The van der Waals surface area contributed by atoms with Gasteiger partial charge in [0.1, 0.15) is 5.82 Å². The van der Waals surface area contributed by atoms with Gasteiger partial charge in [0, 0.05) is 19.2 Å². The minimum absolute atomic E-state index is 0.0218. The normalized spacial score (nSPS) is 14.5. The predicted octanol–water partition coefficient (Wildman–Crippen LogP) is 3.57. The van der Waals surface area contributed by atoms with Crippen LogP contribution >= 0.6 is 0 Å². The maximum Gasteiger partial charge on any atom is 0.239 e. The molecule has 2 aromatic carbocycles. The molecule has 5 heteroatoms. The maximum atomic E-state index is 13.7. The van der Waals surface area contributed by atoms with Crippen LogP contribution < -0.4 is 0 Å². The van der Waals surface area contributed by atoms with E-state index >= 15 is 0 Å². The molecule has 3 rings (SSSR count). The summed E-state index contributed by atoms with van der Waals surface area (Å²) < 4.78 is 40.4. The summed E-state index contributed by atoms with van der Waals surface area (Å²) in [4.78, 5) is 0.384. The van der Waals surface area contributed by atoms with E-state index in [0.29, 0.717) is 23.3 Å². The first-order chi connectivity index (χ1) is 11.0. The molecule has 120 valence electrons. The molecule has 0 saturated heterocycles. The lowest BCUT2D eigenvalue weighted by Gasteiger charge is -2.22. The number of hydrogen-bond donors (Lipinski definition) is 0. The monoisotopic (exact) mass is 331 g/mol. The van der Waals surface area contributed by atoms with Gasteiger partial charge in [-0.15, -0.1) is 0 Å². The van der Waals surface area contributed by atoms with Crippen molar-refractivity contribution in [1.82, 2.24) is 4.31 Å². The molecule has 0 bridgehead atoms. The first-order valence-corrected chi connectivity index (χ1v) is 8.91. The first kappa shape index (κ1) is 15.9. The molecule has 0 fully saturated rings. The molecule has 0 atom stereocenters. The summed E-state index contributed by atoms with van der Waals surface area (Å²) in [5, 5.41) is 0. The van der Waals surface area contributed by atoms with Crippen LogP contribution in [0.4, 0.5) is 4.39 Å². The molecule has 0 aliphatic heterocycles. The van der Waals surface area contributed by atoms with E-state index in [1.54, 1.807) is 24.3 Å². The topological polar surface area (TPSA) is 37.4 Å². The highest BCUT2D eigenvalue weighted by Gasteiger charge is 2.26. The van der Waals surface area contributed by atoms with Gasteiger partial charge in [-0.3, -0.25) is 0 Å². The number of hydrogen-bond acceptors (Lipinski definition) is 2. The molecule has 0 saturated carbocycles. The van der Waals surface area contributed by atoms with Crippen molar-refractivity contribution < 1.29 is 12.8 Å². The van der Waals surface area contributed by atoms with Gasteiger partial charge in [0.2, 0.25) is 10.0 Å². The Labute approximate surface area is 136 Å². The summed E-state index contributed by atoms with van der Waals surface area (Å²) >= 11 is 0. The van der Waals surface area contributed by atoms with E-state index in [4.69, 9.17) is 0 Å². The molecule has 1 aliphatic carbocycles. The summed E-state index contributed by atoms with van der Waals surface area (Å²) in [5.74, 6) is -0.391. The highest BCUT2D eigenvalue weighted by atomic mass is 32.2. The molecule has 0 spiro atoms. The predicted molar refractivity (Wildman–Crippen MR) is 89.5 cm³/mol. The van der Waals surface area contributed by atoms with E-state index in [-0.39, 0.29) is 6.54 Å². The Balaban J connectivity index is 1.87. The average Bonchev–Trinajstić information content (AvgIpc) is 2.56. The Hall–Kier alpha value is -1.98. The Morgan fingerprint density at radius 3 is 2.52 bits per heavy atom. The second-order valence-electron chi connectivity index (χ2n) is 5.66. The molecule has 23 heavy (non-hydrogen) atoms. The quantitative estimate of drug-likeness (QED) is 0.859. The molecule has 0 aromatic heterocycles. The summed E-state index contributed by atoms with van der Waals surface area (Å²) in [6, 6.07) is 14.0. The lowest BCUT2D eigenvalue weighted by Crippen LogP contribution is -2.28. The average molecular weight is 331 g/mol. The molecule has 3 nitrogen and oxygen atoms in total. The fourth-order valence-electron chi connectivity index (χ4n) is 2.76. The zero-order valence-electron chi connectivity index (χ0n) is 12.9. The summed E-state index contributed by atoms with van der Waals surface area (Å²) in [6.45, 7) is 0.0218. The number of benzene rings is 2. The van der Waals surface area contributed by atoms with Gasteiger partial charge in [0.15, 0.2) is 0 Å². The van der Waals surface area contributed by atoms with Gasteiger partial charge in [-0.05, 0) is 36.1 Å². The largest absolute Gasteiger partial charge is 0.239 e. The molecule has 0 radical (unpaired) electrons. The van der Waals surface area contributed by atoms with Crippen molar-refractivity contribution in [2.75, 3.05) is 7.05 Å². The van der Waals surface area contributed by atoms with E-state index < -0.39 is 15.8 Å². The van der Waals surface area contributed by atoms with E-state index in [0.717, 1.165) is 11.1 Å². The van der Waals surface area contributed by atoms with E-state index in [9.17, 15) is 12.8 Å². The van der Waals surface area contributed by atoms with Crippen LogP contribution in [0.3, 0.4) is 0 Å². The number of sulfonamides is 1. The standard InChI is InChI=1S/C18H18FNO2S/c1-20(13-16-8-4-5-9-18(16)19)23(21,22)17-11-10-14-6-2-3-7-15(14)12-17/h2-9,12H,10-11,13H2,1H3. The first-order valence-electron chi connectivity index (χ1n) is 7.47. The van der Waals surface area contributed by atoms with Crippen molar-refractivity contribution in [3.05, 3.63) is 75.9 Å². The van der Waals surface area contributed by atoms with Crippen LogP contribution in [0.5, 0.6) is 0 Å². The fraction of sp³-hybridized carbons (Fsp3) is 0.222. The molecule has 2 aromatic rings. The van der Waals surface area contributed by atoms with Crippen molar-refractivity contribution in [3.63, 3.8) is 0 Å². The van der Waals surface area contributed by atoms with Gasteiger partial charge in [-0.1, -0.05) is 42.5 Å². The molecular weight excluding hydrogens is 313 g/mol. The number of rotatable bonds is 4. The highest BCUT2D eigenvalue weighted by molar-refractivity contribution is 7.93. The molecule has 0 amide bonds. The van der Waals surface area contributed by atoms with Crippen molar-refractivity contribution in [2.24, 2.45) is 0 Å². The minimum atomic E-state index is -3.59. The molecule has 0 heterocycles. The van der Waals surface area contributed by atoms with E-state index in [1.807, 2.05) is 24.3 Å². The zero-order valence-corrected chi connectivity index (χ0v) is 13.7. The van der Waals surface area contributed by atoms with Crippen LogP contribution in [0.2, 0.25) is 0 Å². The van der Waals surface area contributed by atoms with Crippen LogP contribution in [0.1, 0.15) is 23.1 Å². The van der Waals surface area contributed by atoms with Crippen LogP contribution in [-0.2, 0) is 23.0 Å². The van der Waals surface area contributed by atoms with Crippen LogP contribution in [0.15, 0.2) is 53.4 Å². The Morgan fingerprint density at radius 2 is 1.74 bits per heavy atom. The molecule has 1 aliphatic rings. The SMILES string of the molecule is CN(Cc1ccccc1F)S(=O)(=O)C1=Cc2ccccc2CC1. The van der Waals surface area contributed by atoms with Gasteiger partial charge in [0.25, 0.3) is 0 Å². The third kappa shape index (κ3) is 3.21. The van der Waals surface area contributed by atoms with Gasteiger partial charge >= 0.3 is 0 Å². The molecule has 0 unspecified atom stereocenters. The number of nitrogens with zero attached hydrogens (tertiary/aromatic N) is 1. The molecule has 0 N–H and O–H groups in total. The Bertz CT molecular complexity index is 859. The van der Waals surface area contributed by atoms with Crippen molar-refractivity contribution in [1.29, 1.82) is 0 Å². The minimum Gasteiger partial charge on any atom is -0.207 e. The van der Waals surface area contributed by atoms with E-state index in [1.165, 1.54) is 17.4 Å². The second kappa shape index (κ2) is 6.26. The summed E-state index contributed by atoms with van der Waals surface area (Å²) in [6.07, 6.45) is 2.90. The number of allylic oxidation sites excluding steroid dienone is 1. The lowest BCUT2D eigenvalue weighted by molar-refractivity contribution is 0.460. The van der Waals surface area contributed by atoms with Gasteiger partial charge in [0.05, 0.1) is 4.91 Å². The van der Waals surface area contributed by atoms with Crippen LogP contribution in [-0.4, -0.2) is 19.8 Å². The Morgan fingerprint density at radius 1 is 1.04 bits per heavy atom. The van der Waals surface area contributed by atoms with Crippen molar-refractivity contribution in [2.45, 2.75) is 19.4 Å². The van der Waals surface area contributed by atoms with Crippen molar-refractivity contribution in [3.8, 4) is 0 Å². The van der Waals surface area contributed by atoms with Crippen molar-refractivity contribution >= 4 is 16.1 Å². The van der Waals surface area contributed by atoms with E-state index in [2.05, 4.69) is 0 Å².